The van der Waals surface area contributed by atoms with Gasteiger partial charge in [0.1, 0.15) is 0 Å². The van der Waals surface area contributed by atoms with Crippen molar-refractivity contribution >= 4 is 0 Å². The molecular formula is C18H26N2O. The molecule has 0 saturated heterocycles. The molecule has 0 aliphatic heterocycles. The van der Waals surface area contributed by atoms with Crippen LogP contribution >= 0.6 is 0 Å². The standard InChI is InChI=1S/C18H26N2O/c1-6-7-12-20-17(21)15(18(3,4)5)16(19-20)14-10-8-13(2)9-11-14/h8-11,21H,6-7,12H2,1-5H3. The molecule has 0 aliphatic rings. The zero-order valence-electron chi connectivity index (χ0n) is 13.8. The van der Waals surface area contributed by atoms with Crippen LogP contribution < -0.4 is 0 Å². The Labute approximate surface area is 127 Å². The van der Waals surface area contributed by atoms with E-state index >= 15 is 0 Å². The van der Waals surface area contributed by atoms with Gasteiger partial charge in [0.15, 0.2) is 0 Å². The van der Waals surface area contributed by atoms with Crippen LogP contribution in [0, 0.1) is 6.92 Å². The van der Waals surface area contributed by atoms with Gasteiger partial charge in [-0.25, -0.2) is 4.68 Å². The van der Waals surface area contributed by atoms with Gasteiger partial charge in [0.05, 0.1) is 5.69 Å². The first-order valence-electron chi connectivity index (χ1n) is 7.72. The molecule has 114 valence electrons. The van der Waals surface area contributed by atoms with E-state index in [4.69, 9.17) is 0 Å². The number of hydrogen-bond acceptors (Lipinski definition) is 2. The van der Waals surface area contributed by atoms with Crippen LogP contribution in [-0.4, -0.2) is 14.9 Å². The summed E-state index contributed by atoms with van der Waals surface area (Å²) >= 11 is 0. The van der Waals surface area contributed by atoms with Crippen LogP contribution in [0.25, 0.3) is 11.3 Å². The van der Waals surface area contributed by atoms with Crippen LogP contribution in [0.3, 0.4) is 0 Å². The quantitative estimate of drug-likeness (QED) is 0.887. The molecule has 0 unspecified atom stereocenters. The van der Waals surface area contributed by atoms with E-state index in [0.717, 1.165) is 36.2 Å². The third-order valence-electron chi connectivity index (χ3n) is 3.72. The molecule has 0 radical (unpaired) electrons. The van der Waals surface area contributed by atoms with Crippen LogP contribution in [0.2, 0.25) is 0 Å². The molecule has 2 aromatic rings. The molecule has 0 aliphatic carbocycles. The van der Waals surface area contributed by atoms with E-state index in [2.05, 4.69) is 64.0 Å². The average Bonchev–Trinajstić information content (AvgIpc) is 2.74. The second kappa shape index (κ2) is 5.92. The molecule has 0 bridgehead atoms. The SMILES string of the molecule is CCCCn1nc(-c2ccc(C)cc2)c(C(C)(C)C)c1O. The number of aromatic hydroxyl groups is 1. The summed E-state index contributed by atoms with van der Waals surface area (Å²) in [6, 6.07) is 8.33. The normalized spacial score (nSPS) is 11.9. The van der Waals surface area contributed by atoms with Gasteiger partial charge in [-0.15, -0.1) is 0 Å². The van der Waals surface area contributed by atoms with E-state index in [0.29, 0.717) is 5.88 Å². The van der Waals surface area contributed by atoms with E-state index in [1.807, 2.05) is 0 Å². The molecule has 2 rings (SSSR count). The molecule has 1 aromatic heterocycles. The van der Waals surface area contributed by atoms with Crippen molar-refractivity contribution in [3.05, 3.63) is 35.4 Å². The summed E-state index contributed by atoms with van der Waals surface area (Å²) in [6.07, 6.45) is 2.11. The molecule has 1 heterocycles. The van der Waals surface area contributed by atoms with Gasteiger partial charge in [0.2, 0.25) is 5.88 Å². The summed E-state index contributed by atoms with van der Waals surface area (Å²) in [6.45, 7) is 11.3. The van der Waals surface area contributed by atoms with Gasteiger partial charge in [-0.3, -0.25) is 0 Å². The van der Waals surface area contributed by atoms with Crippen LogP contribution in [0.4, 0.5) is 0 Å². The maximum atomic E-state index is 10.6. The van der Waals surface area contributed by atoms with Gasteiger partial charge >= 0.3 is 0 Å². The minimum Gasteiger partial charge on any atom is -0.493 e. The highest BCUT2D eigenvalue weighted by Gasteiger charge is 2.28. The van der Waals surface area contributed by atoms with Gasteiger partial charge in [0, 0.05) is 17.7 Å². The molecular weight excluding hydrogens is 260 g/mol. The highest BCUT2D eigenvalue weighted by Crippen LogP contribution is 2.38. The van der Waals surface area contributed by atoms with Crippen LogP contribution in [0.15, 0.2) is 24.3 Å². The van der Waals surface area contributed by atoms with E-state index < -0.39 is 0 Å². The van der Waals surface area contributed by atoms with Crippen molar-refractivity contribution in [3.63, 3.8) is 0 Å². The Hall–Kier alpha value is -1.77. The van der Waals surface area contributed by atoms with Crippen molar-refractivity contribution in [1.82, 2.24) is 9.78 Å². The maximum Gasteiger partial charge on any atom is 0.213 e. The average molecular weight is 286 g/mol. The van der Waals surface area contributed by atoms with Crippen LogP contribution in [0.5, 0.6) is 5.88 Å². The van der Waals surface area contributed by atoms with Gasteiger partial charge < -0.3 is 5.11 Å². The van der Waals surface area contributed by atoms with Gasteiger partial charge in [0.25, 0.3) is 0 Å². The fourth-order valence-corrected chi connectivity index (χ4v) is 2.52. The number of aryl methyl sites for hydroxylation is 2. The molecule has 1 N–H and O–H groups in total. The minimum absolute atomic E-state index is 0.144. The summed E-state index contributed by atoms with van der Waals surface area (Å²) in [5.74, 6) is 0.312. The summed E-state index contributed by atoms with van der Waals surface area (Å²) in [5.41, 5.74) is 3.98. The Morgan fingerprint density at radius 1 is 1.14 bits per heavy atom. The predicted molar refractivity (Wildman–Crippen MR) is 87.7 cm³/mol. The lowest BCUT2D eigenvalue weighted by molar-refractivity contribution is 0.380. The largest absolute Gasteiger partial charge is 0.493 e. The molecule has 1 aromatic carbocycles. The first kappa shape index (κ1) is 15.6. The topological polar surface area (TPSA) is 38.0 Å². The number of aromatic nitrogens is 2. The zero-order valence-corrected chi connectivity index (χ0v) is 13.8. The monoisotopic (exact) mass is 286 g/mol. The summed E-state index contributed by atoms with van der Waals surface area (Å²) in [7, 11) is 0. The summed E-state index contributed by atoms with van der Waals surface area (Å²) in [5, 5.41) is 15.3. The molecule has 21 heavy (non-hydrogen) atoms. The number of benzene rings is 1. The second-order valence-electron chi connectivity index (χ2n) is 6.74. The zero-order chi connectivity index (χ0) is 15.6. The molecule has 0 amide bonds. The second-order valence-corrected chi connectivity index (χ2v) is 6.74. The van der Waals surface area contributed by atoms with Crippen molar-refractivity contribution in [2.45, 2.75) is 59.4 Å². The fourth-order valence-electron chi connectivity index (χ4n) is 2.52. The predicted octanol–water partition coefficient (Wildman–Crippen LogP) is 4.66. The molecule has 0 atom stereocenters. The lowest BCUT2D eigenvalue weighted by atomic mass is 9.85. The van der Waals surface area contributed by atoms with E-state index in [-0.39, 0.29) is 5.41 Å². The number of unbranched alkanes of at least 4 members (excludes halogenated alkanes) is 1. The van der Waals surface area contributed by atoms with Crippen LogP contribution in [0.1, 0.15) is 51.7 Å². The highest BCUT2D eigenvalue weighted by atomic mass is 16.3. The van der Waals surface area contributed by atoms with Gasteiger partial charge in [-0.2, -0.15) is 5.10 Å². The van der Waals surface area contributed by atoms with Gasteiger partial charge in [-0.1, -0.05) is 63.9 Å². The first-order valence-corrected chi connectivity index (χ1v) is 7.72. The summed E-state index contributed by atoms with van der Waals surface area (Å²) in [4.78, 5) is 0. The molecule has 0 fully saturated rings. The van der Waals surface area contributed by atoms with E-state index in [9.17, 15) is 5.11 Å². The van der Waals surface area contributed by atoms with E-state index in [1.165, 1.54) is 5.56 Å². The number of rotatable bonds is 4. The molecule has 3 heteroatoms. The Balaban J connectivity index is 2.55. The number of hydrogen-bond donors (Lipinski definition) is 1. The van der Waals surface area contributed by atoms with Crippen molar-refractivity contribution in [1.29, 1.82) is 0 Å². The Morgan fingerprint density at radius 3 is 2.29 bits per heavy atom. The lowest BCUT2D eigenvalue weighted by Crippen LogP contribution is -2.12. The van der Waals surface area contributed by atoms with Crippen molar-refractivity contribution < 1.29 is 5.11 Å². The highest BCUT2D eigenvalue weighted by molar-refractivity contribution is 5.67. The number of nitrogens with zero attached hydrogens (tertiary/aromatic N) is 2. The van der Waals surface area contributed by atoms with Crippen molar-refractivity contribution in [2.24, 2.45) is 0 Å². The first-order chi connectivity index (χ1) is 9.84. The fraction of sp³-hybridized carbons (Fsp3) is 0.500. The van der Waals surface area contributed by atoms with Crippen molar-refractivity contribution in [3.8, 4) is 17.1 Å². The third kappa shape index (κ3) is 3.29. The molecule has 0 saturated carbocycles. The smallest absolute Gasteiger partial charge is 0.213 e. The Morgan fingerprint density at radius 2 is 1.76 bits per heavy atom. The third-order valence-corrected chi connectivity index (χ3v) is 3.72. The molecule has 0 spiro atoms. The van der Waals surface area contributed by atoms with Crippen molar-refractivity contribution in [2.75, 3.05) is 0 Å². The Bertz CT molecular complexity index is 603. The maximum absolute atomic E-state index is 10.6. The molecule has 3 nitrogen and oxygen atoms in total. The Kier molecular flexibility index (Phi) is 4.40. The van der Waals surface area contributed by atoms with E-state index in [1.54, 1.807) is 4.68 Å². The summed E-state index contributed by atoms with van der Waals surface area (Å²) < 4.78 is 1.75. The minimum atomic E-state index is -0.144. The lowest BCUT2D eigenvalue weighted by Gasteiger charge is -2.19. The van der Waals surface area contributed by atoms with Gasteiger partial charge in [-0.05, 0) is 18.8 Å². The van der Waals surface area contributed by atoms with Crippen LogP contribution in [-0.2, 0) is 12.0 Å².